The topological polar surface area (TPSA) is 82.5 Å². The van der Waals surface area contributed by atoms with E-state index < -0.39 is 0 Å². The third-order valence-corrected chi connectivity index (χ3v) is 5.89. The van der Waals surface area contributed by atoms with Gasteiger partial charge in [-0.05, 0) is 36.6 Å². The lowest BCUT2D eigenvalue weighted by atomic mass is 10.1. The second-order valence-corrected chi connectivity index (χ2v) is 8.69. The van der Waals surface area contributed by atoms with Gasteiger partial charge in [0.25, 0.3) is 5.56 Å². The predicted octanol–water partition coefficient (Wildman–Crippen LogP) is 3.94. The SMILES string of the molecule is CC(C)CCn1c(SCC(=O)Nc2ccc3c(c2)OCCO3)nc2ccccc2c1=O. The number of thioether (sulfide) groups is 1. The molecule has 0 spiro atoms. The summed E-state index contributed by atoms with van der Waals surface area (Å²) in [6.07, 6.45) is 0.858. The molecule has 0 radical (unpaired) electrons. The molecule has 8 heteroatoms. The average Bonchev–Trinajstić information content (AvgIpc) is 2.77. The maximum absolute atomic E-state index is 13.0. The van der Waals surface area contributed by atoms with Crippen molar-refractivity contribution in [1.29, 1.82) is 0 Å². The molecule has 7 nitrogen and oxygen atoms in total. The lowest BCUT2D eigenvalue weighted by molar-refractivity contribution is -0.113. The molecular weight excluding hydrogens is 414 g/mol. The van der Waals surface area contributed by atoms with Crippen LogP contribution in [0.3, 0.4) is 0 Å². The third-order valence-electron chi connectivity index (χ3n) is 4.91. The minimum atomic E-state index is -0.181. The van der Waals surface area contributed by atoms with Crippen LogP contribution in [0.1, 0.15) is 20.3 Å². The molecule has 0 fully saturated rings. The number of fused-ring (bicyclic) bond motifs is 2. The largest absolute Gasteiger partial charge is 0.486 e. The van der Waals surface area contributed by atoms with Gasteiger partial charge in [0.05, 0.1) is 16.7 Å². The Bertz CT molecular complexity index is 1160. The number of carbonyl (C=O) groups is 1. The summed E-state index contributed by atoms with van der Waals surface area (Å²) in [7, 11) is 0. The number of rotatable bonds is 7. The van der Waals surface area contributed by atoms with Gasteiger partial charge in [-0.2, -0.15) is 0 Å². The van der Waals surface area contributed by atoms with Gasteiger partial charge in [-0.1, -0.05) is 37.7 Å². The maximum Gasteiger partial charge on any atom is 0.262 e. The number of anilines is 1. The zero-order valence-electron chi connectivity index (χ0n) is 17.6. The zero-order chi connectivity index (χ0) is 21.8. The van der Waals surface area contributed by atoms with Gasteiger partial charge in [0.1, 0.15) is 13.2 Å². The molecule has 0 bridgehead atoms. The first-order chi connectivity index (χ1) is 15.0. The highest BCUT2D eigenvalue weighted by Gasteiger charge is 2.15. The molecule has 2 aromatic carbocycles. The van der Waals surface area contributed by atoms with Crippen molar-refractivity contribution in [3.05, 3.63) is 52.8 Å². The fourth-order valence-corrected chi connectivity index (χ4v) is 4.12. The van der Waals surface area contributed by atoms with E-state index >= 15 is 0 Å². The minimum absolute atomic E-state index is 0.0685. The van der Waals surface area contributed by atoms with Crippen LogP contribution in [0, 0.1) is 5.92 Å². The molecule has 1 aliphatic heterocycles. The number of nitrogens with zero attached hydrogens (tertiary/aromatic N) is 2. The van der Waals surface area contributed by atoms with Crippen LogP contribution in [-0.2, 0) is 11.3 Å². The number of aromatic nitrogens is 2. The number of hydrogen-bond donors (Lipinski definition) is 1. The van der Waals surface area contributed by atoms with Crippen molar-refractivity contribution in [1.82, 2.24) is 9.55 Å². The van der Waals surface area contributed by atoms with Gasteiger partial charge in [-0.15, -0.1) is 0 Å². The van der Waals surface area contributed by atoms with Crippen LogP contribution in [0.4, 0.5) is 5.69 Å². The Morgan fingerprint density at radius 1 is 1.16 bits per heavy atom. The van der Waals surface area contributed by atoms with Gasteiger partial charge < -0.3 is 14.8 Å². The highest BCUT2D eigenvalue weighted by molar-refractivity contribution is 7.99. The average molecular weight is 440 g/mol. The fraction of sp³-hybridized carbons (Fsp3) is 0.348. The van der Waals surface area contributed by atoms with E-state index in [4.69, 9.17) is 9.47 Å². The van der Waals surface area contributed by atoms with Crippen molar-refractivity contribution < 1.29 is 14.3 Å². The Morgan fingerprint density at radius 3 is 2.74 bits per heavy atom. The second kappa shape index (κ2) is 9.43. The lowest BCUT2D eigenvalue weighted by Gasteiger charge is -2.19. The molecule has 0 atom stereocenters. The number of amides is 1. The first kappa shape index (κ1) is 21.2. The van der Waals surface area contributed by atoms with Crippen molar-refractivity contribution in [3.63, 3.8) is 0 Å². The Hall–Kier alpha value is -3.00. The molecule has 0 saturated carbocycles. The van der Waals surface area contributed by atoms with Crippen molar-refractivity contribution in [2.24, 2.45) is 5.92 Å². The van der Waals surface area contributed by atoms with E-state index in [2.05, 4.69) is 24.1 Å². The molecule has 1 N–H and O–H groups in total. The van der Waals surface area contributed by atoms with Crippen LogP contribution in [0.5, 0.6) is 11.5 Å². The standard InChI is InChI=1S/C23H25N3O4S/c1-15(2)9-10-26-22(28)17-5-3-4-6-18(17)25-23(26)31-14-21(27)24-16-7-8-19-20(13-16)30-12-11-29-19/h3-8,13,15H,9-12,14H2,1-2H3,(H,24,27). The molecule has 3 aromatic rings. The summed E-state index contributed by atoms with van der Waals surface area (Å²) in [5, 5.41) is 4.02. The van der Waals surface area contributed by atoms with Gasteiger partial charge >= 0.3 is 0 Å². The number of benzene rings is 2. The van der Waals surface area contributed by atoms with Crippen LogP contribution in [0.2, 0.25) is 0 Å². The van der Waals surface area contributed by atoms with Crippen LogP contribution < -0.4 is 20.3 Å². The Morgan fingerprint density at radius 2 is 1.94 bits per heavy atom. The van der Waals surface area contributed by atoms with E-state index in [1.807, 2.05) is 18.2 Å². The van der Waals surface area contributed by atoms with Crippen molar-refractivity contribution in [3.8, 4) is 11.5 Å². The third kappa shape index (κ3) is 5.02. The van der Waals surface area contributed by atoms with Crippen molar-refractivity contribution in [2.75, 3.05) is 24.3 Å². The van der Waals surface area contributed by atoms with E-state index in [-0.39, 0.29) is 17.2 Å². The number of nitrogens with one attached hydrogen (secondary N) is 1. The molecule has 0 aliphatic carbocycles. The van der Waals surface area contributed by atoms with E-state index in [1.54, 1.807) is 28.8 Å². The molecule has 2 heterocycles. The van der Waals surface area contributed by atoms with Gasteiger partial charge in [0.15, 0.2) is 16.7 Å². The van der Waals surface area contributed by atoms with Crippen molar-refractivity contribution >= 4 is 34.3 Å². The summed E-state index contributed by atoms with van der Waals surface area (Å²) >= 11 is 1.27. The van der Waals surface area contributed by atoms with E-state index in [1.165, 1.54) is 11.8 Å². The molecule has 0 saturated heterocycles. The normalized spacial score (nSPS) is 12.9. The van der Waals surface area contributed by atoms with E-state index in [0.29, 0.717) is 58.9 Å². The minimum Gasteiger partial charge on any atom is -0.486 e. The summed E-state index contributed by atoms with van der Waals surface area (Å²) in [6.45, 7) is 5.81. The summed E-state index contributed by atoms with van der Waals surface area (Å²) in [5.74, 6) is 1.71. The van der Waals surface area contributed by atoms with Gasteiger partial charge in [0, 0.05) is 18.3 Å². The Labute approximate surface area is 184 Å². The molecule has 1 amide bonds. The van der Waals surface area contributed by atoms with Gasteiger partial charge in [-0.3, -0.25) is 14.2 Å². The fourth-order valence-electron chi connectivity index (χ4n) is 3.29. The number of hydrogen-bond acceptors (Lipinski definition) is 6. The Balaban J connectivity index is 1.50. The second-order valence-electron chi connectivity index (χ2n) is 7.75. The quantitative estimate of drug-likeness (QED) is 0.443. The number of ether oxygens (including phenoxy) is 2. The van der Waals surface area contributed by atoms with Crippen LogP contribution in [-0.4, -0.2) is 34.4 Å². The highest BCUT2D eigenvalue weighted by Crippen LogP contribution is 2.32. The monoisotopic (exact) mass is 439 g/mol. The number of para-hydroxylation sites is 1. The number of carbonyl (C=O) groups excluding carboxylic acids is 1. The Kier molecular flexibility index (Phi) is 6.46. The van der Waals surface area contributed by atoms with E-state index in [9.17, 15) is 9.59 Å². The smallest absolute Gasteiger partial charge is 0.262 e. The molecular formula is C23H25N3O4S. The zero-order valence-corrected chi connectivity index (χ0v) is 18.4. The van der Waals surface area contributed by atoms with Gasteiger partial charge in [0.2, 0.25) is 5.91 Å². The molecule has 1 aliphatic rings. The van der Waals surface area contributed by atoms with Crippen molar-refractivity contribution in [2.45, 2.75) is 32.0 Å². The molecule has 31 heavy (non-hydrogen) atoms. The van der Waals surface area contributed by atoms with Gasteiger partial charge in [-0.25, -0.2) is 4.98 Å². The molecule has 1 aromatic heterocycles. The first-order valence-corrected chi connectivity index (χ1v) is 11.3. The molecule has 4 rings (SSSR count). The summed E-state index contributed by atoms with van der Waals surface area (Å²) < 4.78 is 12.8. The van der Waals surface area contributed by atoms with E-state index in [0.717, 1.165) is 6.42 Å². The summed E-state index contributed by atoms with van der Waals surface area (Å²) in [6, 6.07) is 12.6. The molecule has 162 valence electrons. The lowest BCUT2D eigenvalue weighted by Crippen LogP contribution is -2.25. The molecule has 0 unspecified atom stereocenters. The predicted molar refractivity (Wildman–Crippen MR) is 122 cm³/mol. The van der Waals surface area contributed by atoms with Crippen LogP contribution in [0.25, 0.3) is 10.9 Å². The van der Waals surface area contributed by atoms with Crippen LogP contribution in [0.15, 0.2) is 52.4 Å². The summed E-state index contributed by atoms with van der Waals surface area (Å²) in [5.41, 5.74) is 1.21. The first-order valence-electron chi connectivity index (χ1n) is 10.3. The highest BCUT2D eigenvalue weighted by atomic mass is 32.2. The van der Waals surface area contributed by atoms with Crippen LogP contribution >= 0.6 is 11.8 Å². The maximum atomic E-state index is 13.0. The summed E-state index contributed by atoms with van der Waals surface area (Å²) in [4.78, 5) is 30.2.